The zero-order valence-electron chi connectivity index (χ0n) is 12.4. The topological polar surface area (TPSA) is 35.2 Å². The molecule has 2 nitrogen and oxygen atoms in total. The van der Waals surface area contributed by atoms with Crippen LogP contribution in [-0.4, -0.2) is 0 Å². The van der Waals surface area contributed by atoms with E-state index in [1.54, 1.807) is 0 Å². The monoisotopic (exact) mass is 291 g/mol. The zero-order chi connectivity index (χ0) is 15.6. The smallest absolute Gasteiger partial charge is 0.165 e. The molecule has 21 heavy (non-hydrogen) atoms. The Bertz CT molecular complexity index is 653. The van der Waals surface area contributed by atoms with E-state index in [-0.39, 0.29) is 18.1 Å². The first-order chi connectivity index (χ1) is 9.90. The second-order valence-corrected chi connectivity index (χ2v) is 5.40. The summed E-state index contributed by atoms with van der Waals surface area (Å²) in [5.74, 6) is -0.856. The Morgan fingerprint density at radius 3 is 2.57 bits per heavy atom. The number of nitrogens with two attached hydrogens (primary N) is 1. The van der Waals surface area contributed by atoms with Crippen molar-refractivity contribution in [2.75, 3.05) is 5.73 Å². The molecule has 0 spiro atoms. The predicted octanol–water partition coefficient (Wildman–Crippen LogP) is 4.56. The lowest BCUT2D eigenvalue weighted by atomic mass is 9.99. The van der Waals surface area contributed by atoms with Crippen LogP contribution in [0.3, 0.4) is 0 Å². The fraction of sp³-hybridized carbons (Fsp3) is 0.294. The Hall–Kier alpha value is -2.10. The van der Waals surface area contributed by atoms with E-state index >= 15 is 0 Å². The van der Waals surface area contributed by atoms with Gasteiger partial charge in [-0.2, -0.15) is 0 Å². The van der Waals surface area contributed by atoms with E-state index in [0.717, 1.165) is 17.2 Å². The minimum atomic E-state index is -0.867. The Balaban J connectivity index is 2.27. The molecule has 0 amide bonds. The van der Waals surface area contributed by atoms with E-state index in [0.29, 0.717) is 11.4 Å². The zero-order valence-corrected chi connectivity index (χ0v) is 12.4. The molecule has 0 aliphatic heterocycles. The first-order valence-electron chi connectivity index (χ1n) is 6.86. The van der Waals surface area contributed by atoms with E-state index in [2.05, 4.69) is 0 Å². The minimum absolute atomic E-state index is 0.0212. The molecule has 0 aliphatic carbocycles. The highest BCUT2D eigenvalue weighted by Crippen LogP contribution is 2.31. The summed E-state index contributed by atoms with van der Waals surface area (Å²) in [7, 11) is 0. The molecule has 0 aromatic heterocycles. The van der Waals surface area contributed by atoms with Gasteiger partial charge >= 0.3 is 0 Å². The van der Waals surface area contributed by atoms with Gasteiger partial charge in [-0.15, -0.1) is 0 Å². The van der Waals surface area contributed by atoms with Gasteiger partial charge in [0.15, 0.2) is 11.6 Å². The molecule has 0 unspecified atom stereocenters. The highest BCUT2D eigenvalue weighted by molar-refractivity contribution is 5.55. The van der Waals surface area contributed by atoms with Gasteiger partial charge in [-0.1, -0.05) is 26.0 Å². The molecule has 0 saturated carbocycles. The lowest BCUT2D eigenvalue weighted by Gasteiger charge is -2.16. The maximum absolute atomic E-state index is 13.6. The summed E-state index contributed by atoms with van der Waals surface area (Å²) in [6.07, 6.45) is 0. The van der Waals surface area contributed by atoms with Gasteiger partial charge in [-0.3, -0.25) is 0 Å². The summed E-state index contributed by atoms with van der Waals surface area (Å²) >= 11 is 0. The number of ether oxygens (including phenoxy) is 1. The number of halogens is 2. The first kappa shape index (κ1) is 15.3. The predicted molar refractivity (Wildman–Crippen MR) is 80.4 cm³/mol. The highest BCUT2D eigenvalue weighted by Gasteiger charge is 2.13. The number of hydrogen-bond acceptors (Lipinski definition) is 2. The highest BCUT2D eigenvalue weighted by atomic mass is 19.2. The number of anilines is 1. The van der Waals surface area contributed by atoms with Crippen LogP contribution in [0.15, 0.2) is 30.3 Å². The Kier molecular flexibility index (Phi) is 4.46. The third-order valence-corrected chi connectivity index (χ3v) is 3.44. The summed E-state index contributed by atoms with van der Waals surface area (Å²) in [6.45, 7) is 5.92. The molecule has 2 rings (SSSR count). The van der Waals surface area contributed by atoms with Crippen molar-refractivity contribution in [3.05, 3.63) is 58.7 Å². The number of nitrogen functional groups attached to an aromatic ring is 1. The first-order valence-corrected chi connectivity index (χ1v) is 6.86. The average molecular weight is 291 g/mol. The van der Waals surface area contributed by atoms with Crippen molar-refractivity contribution in [2.24, 2.45) is 0 Å². The Morgan fingerprint density at radius 2 is 1.90 bits per heavy atom. The van der Waals surface area contributed by atoms with Gasteiger partial charge in [-0.25, -0.2) is 8.78 Å². The van der Waals surface area contributed by atoms with E-state index < -0.39 is 11.6 Å². The number of hydrogen-bond donors (Lipinski definition) is 1. The van der Waals surface area contributed by atoms with E-state index in [1.165, 1.54) is 12.1 Å². The summed E-state index contributed by atoms with van der Waals surface area (Å²) in [6, 6.07) is 7.77. The summed E-state index contributed by atoms with van der Waals surface area (Å²) in [5.41, 5.74) is 8.66. The van der Waals surface area contributed by atoms with Gasteiger partial charge in [-0.05, 0) is 42.2 Å². The molecule has 0 heterocycles. The van der Waals surface area contributed by atoms with E-state index in [4.69, 9.17) is 10.5 Å². The van der Waals surface area contributed by atoms with Gasteiger partial charge in [0.1, 0.15) is 12.4 Å². The van der Waals surface area contributed by atoms with Crippen LogP contribution in [0.2, 0.25) is 0 Å². The average Bonchev–Trinajstić information content (AvgIpc) is 2.43. The van der Waals surface area contributed by atoms with Crippen molar-refractivity contribution in [1.82, 2.24) is 0 Å². The fourth-order valence-corrected chi connectivity index (χ4v) is 2.11. The molecular formula is C17H19F2NO. The third-order valence-electron chi connectivity index (χ3n) is 3.44. The van der Waals surface area contributed by atoms with Crippen LogP contribution in [0.4, 0.5) is 14.5 Å². The molecule has 2 N–H and O–H groups in total. The van der Waals surface area contributed by atoms with Crippen molar-refractivity contribution in [3.63, 3.8) is 0 Å². The van der Waals surface area contributed by atoms with Crippen molar-refractivity contribution < 1.29 is 13.5 Å². The van der Waals surface area contributed by atoms with Crippen LogP contribution in [-0.2, 0) is 6.61 Å². The van der Waals surface area contributed by atoms with Crippen LogP contribution in [0.25, 0.3) is 0 Å². The van der Waals surface area contributed by atoms with Crippen molar-refractivity contribution in [3.8, 4) is 5.75 Å². The molecule has 0 bridgehead atoms. The molecule has 2 aromatic carbocycles. The normalized spacial score (nSPS) is 11.0. The molecule has 0 atom stereocenters. The SMILES string of the molecule is Cc1cc(OCc2cccc(F)c2F)c(C(C)C)cc1N. The molecule has 4 heteroatoms. The maximum Gasteiger partial charge on any atom is 0.165 e. The molecule has 112 valence electrons. The largest absolute Gasteiger partial charge is 0.488 e. The van der Waals surface area contributed by atoms with Crippen molar-refractivity contribution >= 4 is 5.69 Å². The van der Waals surface area contributed by atoms with Crippen LogP contribution < -0.4 is 10.5 Å². The Morgan fingerprint density at radius 1 is 1.19 bits per heavy atom. The number of benzene rings is 2. The Labute approximate surface area is 123 Å². The summed E-state index contributed by atoms with van der Waals surface area (Å²) < 4.78 is 32.5. The second kappa shape index (κ2) is 6.12. The lowest BCUT2D eigenvalue weighted by molar-refractivity contribution is 0.293. The maximum atomic E-state index is 13.6. The molecule has 2 aromatic rings. The van der Waals surface area contributed by atoms with E-state index in [1.807, 2.05) is 32.9 Å². The van der Waals surface area contributed by atoms with Gasteiger partial charge in [0.25, 0.3) is 0 Å². The van der Waals surface area contributed by atoms with Crippen molar-refractivity contribution in [2.45, 2.75) is 33.3 Å². The molecule has 0 aliphatic rings. The third kappa shape index (κ3) is 3.32. The molecule has 0 saturated heterocycles. The summed E-state index contributed by atoms with van der Waals surface area (Å²) in [5, 5.41) is 0. The number of rotatable bonds is 4. The van der Waals surface area contributed by atoms with E-state index in [9.17, 15) is 8.78 Å². The van der Waals surface area contributed by atoms with Crippen LogP contribution in [0, 0.1) is 18.6 Å². The van der Waals surface area contributed by atoms with Crippen molar-refractivity contribution in [1.29, 1.82) is 0 Å². The summed E-state index contributed by atoms with van der Waals surface area (Å²) in [4.78, 5) is 0. The van der Waals surface area contributed by atoms with Gasteiger partial charge in [0.05, 0.1) is 0 Å². The van der Waals surface area contributed by atoms with Crippen LogP contribution in [0.5, 0.6) is 5.75 Å². The van der Waals surface area contributed by atoms with Gasteiger partial charge in [0.2, 0.25) is 0 Å². The molecule has 0 fully saturated rings. The molecule has 0 radical (unpaired) electrons. The fourth-order valence-electron chi connectivity index (χ4n) is 2.11. The second-order valence-electron chi connectivity index (χ2n) is 5.40. The van der Waals surface area contributed by atoms with Crippen LogP contribution in [0.1, 0.15) is 36.5 Å². The lowest BCUT2D eigenvalue weighted by Crippen LogP contribution is -2.04. The molecular weight excluding hydrogens is 272 g/mol. The van der Waals surface area contributed by atoms with Crippen LogP contribution >= 0.6 is 0 Å². The minimum Gasteiger partial charge on any atom is -0.488 e. The van der Waals surface area contributed by atoms with Gasteiger partial charge < -0.3 is 10.5 Å². The standard InChI is InChI=1S/C17H19F2NO/c1-10(2)13-8-15(20)11(3)7-16(13)21-9-12-5-4-6-14(18)17(12)19/h4-8,10H,9,20H2,1-3H3. The quantitative estimate of drug-likeness (QED) is 0.838. The van der Waals surface area contributed by atoms with Gasteiger partial charge in [0, 0.05) is 11.3 Å². The number of aryl methyl sites for hydroxylation is 1.